The lowest BCUT2D eigenvalue weighted by atomic mass is 10.1. The highest BCUT2D eigenvalue weighted by molar-refractivity contribution is 5.51. The largest absolute Gasteiger partial charge is 0.493 e. The number of hydrogen-bond acceptors (Lipinski definition) is 4. The summed E-state index contributed by atoms with van der Waals surface area (Å²) in [6, 6.07) is 4.41. The first kappa shape index (κ1) is 12.8. The van der Waals surface area contributed by atoms with Gasteiger partial charge in [0.2, 0.25) is 0 Å². The molecule has 0 spiro atoms. The lowest BCUT2D eigenvalue weighted by Crippen LogP contribution is -2.42. The molecule has 3 rings (SSSR count). The van der Waals surface area contributed by atoms with Gasteiger partial charge in [-0.2, -0.15) is 0 Å². The van der Waals surface area contributed by atoms with Crippen LogP contribution in [0.5, 0.6) is 11.5 Å². The van der Waals surface area contributed by atoms with Crippen molar-refractivity contribution in [3.8, 4) is 11.5 Å². The van der Waals surface area contributed by atoms with Crippen LogP contribution in [0, 0.1) is 0 Å². The van der Waals surface area contributed by atoms with E-state index >= 15 is 0 Å². The topological polar surface area (TPSA) is 33.7 Å². The molecule has 1 fully saturated rings. The molecule has 1 aromatic carbocycles. The van der Waals surface area contributed by atoms with Gasteiger partial charge in [-0.25, -0.2) is 0 Å². The molecule has 1 aromatic rings. The predicted molar refractivity (Wildman–Crippen MR) is 74.9 cm³/mol. The molecule has 104 valence electrons. The summed E-state index contributed by atoms with van der Waals surface area (Å²) in [5.74, 6) is 1.83. The van der Waals surface area contributed by atoms with E-state index < -0.39 is 0 Å². The van der Waals surface area contributed by atoms with Crippen LogP contribution in [0.1, 0.15) is 18.1 Å². The Kier molecular flexibility index (Phi) is 3.62. The quantitative estimate of drug-likeness (QED) is 0.893. The van der Waals surface area contributed by atoms with Gasteiger partial charge in [-0.3, -0.25) is 4.90 Å². The Labute approximate surface area is 114 Å². The lowest BCUT2D eigenvalue weighted by Gasteiger charge is -2.27. The van der Waals surface area contributed by atoms with E-state index in [1.165, 1.54) is 11.1 Å². The van der Waals surface area contributed by atoms with E-state index in [-0.39, 0.29) is 6.10 Å². The second-order valence-corrected chi connectivity index (χ2v) is 5.45. The monoisotopic (exact) mass is 262 g/mol. The van der Waals surface area contributed by atoms with E-state index in [1.54, 1.807) is 7.11 Å². The zero-order valence-electron chi connectivity index (χ0n) is 11.7. The van der Waals surface area contributed by atoms with Gasteiger partial charge >= 0.3 is 0 Å². The van der Waals surface area contributed by atoms with Gasteiger partial charge in [0.05, 0.1) is 7.11 Å². The number of piperazine rings is 1. The van der Waals surface area contributed by atoms with Crippen molar-refractivity contribution in [1.82, 2.24) is 10.2 Å². The molecule has 2 aliphatic heterocycles. The second-order valence-electron chi connectivity index (χ2n) is 5.45. The molecule has 0 radical (unpaired) electrons. The van der Waals surface area contributed by atoms with Crippen molar-refractivity contribution in [2.24, 2.45) is 0 Å². The van der Waals surface area contributed by atoms with Gasteiger partial charge in [0.1, 0.15) is 6.10 Å². The fourth-order valence-electron chi connectivity index (χ4n) is 2.93. The minimum Gasteiger partial charge on any atom is -0.493 e. The van der Waals surface area contributed by atoms with Crippen LogP contribution in [-0.4, -0.2) is 44.3 Å². The number of nitrogens with one attached hydrogen (secondary N) is 1. The molecule has 1 saturated heterocycles. The Balaban J connectivity index is 1.80. The number of rotatable bonds is 3. The van der Waals surface area contributed by atoms with Gasteiger partial charge in [0, 0.05) is 44.7 Å². The van der Waals surface area contributed by atoms with Gasteiger partial charge < -0.3 is 14.8 Å². The zero-order chi connectivity index (χ0) is 13.2. The fourth-order valence-corrected chi connectivity index (χ4v) is 2.93. The number of fused-ring (bicyclic) bond motifs is 1. The van der Waals surface area contributed by atoms with E-state index in [0.29, 0.717) is 0 Å². The maximum Gasteiger partial charge on any atom is 0.164 e. The van der Waals surface area contributed by atoms with Gasteiger partial charge in [0.15, 0.2) is 11.5 Å². The molecule has 4 heteroatoms. The summed E-state index contributed by atoms with van der Waals surface area (Å²) in [7, 11) is 1.72. The van der Waals surface area contributed by atoms with Gasteiger partial charge in [0.25, 0.3) is 0 Å². The summed E-state index contributed by atoms with van der Waals surface area (Å²) < 4.78 is 11.3. The summed E-state index contributed by atoms with van der Waals surface area (Å²) in [5.41, 5.74) is 2.62. The van der Waals surface area contributed by atoms with Crippen molar-refractivity contribution in [3.05, 3.63) is 23.3 Å². The van der Waals surface area contributed by atoms with Crippen molar-refractivity contribution in [3.63, 3.8) is 0 Å². The third-order valence-electron chi connectivity index (χ3n) is 3.85. The van der Waals surface area contributed by atoms with Gasteiger partial charge in [-0.05, 0) is 18.6 Å². The maximum absolute atomic E-state index is 5.83. The van der Waals surface area contributed by atoms with Crippen molar-refractivity contribution >= 4 is 0 Å². The smallest absolute Gasteiger partial charge is 0.164 e. The normalized spacial score (nSPS) is 22.9. The number of ether oxygens (including phenoxy) is 2. The molecule has 1 atom stereocenters. The van der Waals surface area contributed by atoms with Crippen LogP contribution in [0.4, 0.5) is 0 Å². The standard InChI is InChI=1S/C15H22N2O2/c1-11-7-13-8-12(9-14(18-2)15(13)19-11)10-17-5-3-16-4-6-17/h8-9,11,16H,3-7,10H2,1-2H3. The van der Waals surface area contributed by atoms with E-state index in [1.807, 2.05) is 0 Å². The summed E-state index contributed by atoms with van der Waals surface area (Å²) >= 11 is 0. The average molecular weight is 262 g/mol. The third-order valence-corrected chi connectivity index (χ3v) is 3.85. The minimum absolute atomic E-state index is 0.262. The molecule has 0 bridgehead atoms. The van der Waals surface area contributed by atoms with E-state index in [2.05, 4.69) is 29.3 Å². The zero-order valence-corrected chi connectivity index (χ0v) is 11.7. The molecule has 1 N–H and O–H groups in total. The molecular formula is C15H22N2O2. The van der Waals surface area contributed by atoms with Gasteiger partial charge in [-0.15, -0.1) is 0 Å². The lowest BCUT2D eigenvalue weighted by molar-refractivity contribution is 0.232. The maximum atomic E-state index is 5.83. The molecule has 0 saturated carbocycles. The van der Waals surface area contributed by atoms with Crippen LogP contribution in [0.25, 0.3) is 0 Å². The molecular weight excluding hydrogens is 240 g/mol. The summed E-state index contributed by atoms with van der Waals surface area (Å²) in [6.07, 6.45) is 1.25. The fraction of sp³-hybridized carbons (Fsp3) is 0.600. The highest BCUT2D eigenvalue weighted by Crippen LogP contribution is 2.39. The van der Waals surface area contributed by atoms with Crippen molar-refractivity contribution in [2.45, 2.75) is 26.0 Å². The first-order valence-corrected chi connectivity index (χ1v) is 7.06. The Morgan fingerprint density at radius 1 is 1.37 bits per heavy atom. The van der Waals surface area contributed by atoms with Crippen LogP contribution < -0.4 is 14.8 Å². The third kappa shape index (κ3) is 2.69. The Bertz CT molecular complexity index is 456. The minimum atomic E-state index is 0.262. The first-order chi connectivity index (χ1) is 9.26. The molecule has 4 nitrogen and oxygen atoms in total. The Morgan fingerprint density at radius 2 is 2.16 bits per heavy atom. The SMILES string of the molecule is COc1cc(CN2CCNCC2)cc2c1OC(C)C2. The number of benzene rings is 1. The molecule has 0 amide bonds. The Hall–Kier alpha value is -1.26. The summed E-state index contributed by atoms with van der Waals surface area (Å²) in [6.45, 7) is 7.51. The molecule has 19 heavy (non-hydrogen) atoms. The second kappa shape index (κ2) is 5.39. The number of hydrogen-bond donors (Lipinski definition) is 1. The molecule has 0 aliphatic carbocycles. The predicted octanol–water partition coefficient (Wildman–Crippen LogP) is 1.42. The van der Waals surface area contributed by atoms with Crippen LogP contribution in [0.15, 0.2) is 12.1 Å². The number of methoxy groups -OCH3 is 1. The van der Waals surface area contributed by atoms with Crippen molar-refractivity contribution < 1.29 is 9.47 Å². The van der Waals surface area contributed by atoms with Crippen molar-refractivity contribution in [2.75, 3.05) is 33.3 Å². The molecule has 2 heterocycles. The summed E-state index contributed by atoms with van der Waals surface area (Å²) in [5, 5.41) is 3.38. The van der Waals surface area contributed by atoms with Crippen LogP contribution in [0.3, 0.4) is 0 Å². The highest BCUT2D eigenvalue weighted by atomic mass is 16.5. The average Bonchev–Trinajstić information content (AvgIpc) is 2.79. The number of nitrogens with zero attached hydrogens (tertiary/aromatic N) is 1. The molecule has 2 aliphatic rings. The summed E-state index contributed by atoms with van der Waals surface area (Å²) in [4.78, 5) is 2.48. The Morgan fingerprint density at radius 3 is 2.89 bits per heavy atom. The molecule has 1 unspecified atom stereocenters. The first-order valence-electron chi connectivity index (χ1n) is 7.06. The highest BCUT2D eigenvalue weighted by Gasteiger charge is 2.24. The van der Waals surface area contributed by atoms with Crippen LogP contribution in [0.2, 0.25) is 0 Å². The molecule has 0 aromatic heterocycles. The van der Waals surface area contributed by atoms with E-state index in [9.17, 15) is 0 Å². The van der Waals surface area contributed by atoms with Gasteiger partial charge in [-0.1, -0.05) is 6.07 Å². The van der Waals surface area contributed by atoms with Crippen molar-refractivity contribution in [1.29, 1.82) is 0 Å². The van der Waals surface area contributed by atoms with E-state index in [4.69, 9.17) is 9.47 Å². The van der Waals surface area contributed by atoms with Crippen LogP contribution in [-0.2, 0) is 13.0 Å². The van der Waals surface area contributed by atoms with Crippen LogP contribution >= 0.6 is 0 Å². The van der Waals surface area contributed by atoms with E-state index in [0.717, 1.165) is 50.6 Å².